The second-order valence-corrected chi connectivity index (χ2v) is 4.13. The van der Waals surface area contributed by atoms with Gasteiger partial charge in [0.05, 0.1) is 7.11 Å². The van der Waals surface area contributed by atoms with Crippen LogP contribution < -0.4 is 4.74 Å². The van der Waals surface area contributed by atoms with Gasteiger partial charge in [-0.05, 0) is 38.0 Å². The average molecular weight is 196 g/mol. The molecule has 0 N–H and O–H groups in total. The number of aryl methyl sites for hydroxylation is 2. The number of hydrogen-bond acceptors (Lipinski definition) is 2. The van der Waals surface area contributed by atoms with Crippen LogP contribution in [0, 0.1) is 13.8 Å². The first-order valence-corrected chi connectivity index (χ1v) is 4.91. The second-order valence-electron chi connectivity index (χ2n) is 3.35. The molecule has 0 spiro atoms. The quantitative estimate of drug-likeness (QED) is 0.714. The fourth-order valence-electron chi connectivity index (χ4n) is 1.32. The first kappa shape index (κ1) is 10.5. The molecule has 0 bridgehead atoms. The average Bonchev–Trinajstić information content (AvgIpc) is 2.08. The van der Waals surface area contributed by atoms with Crippen LogP contribution >= 0.6 is 12.6 Å². The number of ether oxygens (including phenoxy) is 1. The maximum Gasteiger partial charge on any atom is 0.123 e. The fourth-order valence-corrected chi connectivity index (χ4v) is 1.52. The summed E-state index contributed by atoms with van der Waals surface area (Å²) in [5.41, 5.74) is 3.71. The minimum Gasteiger partial charge on any atom is -0.496 e. The molecule has 2 heteroatoms. The smallest absolute Gasteiger partial charge is 0.123 e. The van der Waals surface area contributed by atoms with E-state index < -0.39 is 0 Å². The van der Waals surface area contributed by atoms with Gasteiger partial charge in [-0.1, -0.05) is 6.07 Å². The summed E-state index contributed by atoms with van der Waals surface area (Å²) in [4.78, 5) is 0. The van der Waals surface area contributed by atoms with Gasteiger partial charge in [-0.15, -0.1) is 0 Å². The lowest BCUT2D eigenvalue weighted by Crippen LogP contribution is -1.95. The largest absolute Gasteiger partial charge is 0.496 e. The van der Waals surface area contributed by atoms with Crippen molar-refractivity contribution in [3.63, 3.8) is 0 Å². The van der Waals surface area contributed by atoms with Crippen molar-refractivity contribution < 1.29 is 4.74 Å². The van der Waals surface area contributed by atoms with Gasteiger partial charge in [0.25, 0.3) is 0 Å². The van der Waals surface area contributed by atoms with Crippen molar-refractivity contribution in [1.82, 2.24) is 0 Å². The molecular weight excluding hydrogens is 180 g/mol. The van der Waals surface area contributed by atoms with E-state index in [4.69, 9.17) is 4.74 Å². The first-order valence-electron chi connectivity index (χ1n) is 4.39. The van der Waals surface area contributed by atoms with E-state index in [-0.39, 0.29) is 5.25 Å². The molecule has 0 aliphatic heterocycles. The number of methoxy groups -OCH3 is 1. The minimum atomic E-state index is 0.217. The van der Waals surface area contributed by atoms with E-state index >= 15 is 0 Å². The zero-order valence-corrected chi connectivity index (χ0v) is 9.48. The summed E-state index contributed by atoms with van der Waals surface area (Å²) >= 11 is 4.41. The molecule has 1 rings (SSSR count). The Labute approximate surface area is 85.5 Å². The van der Waals surface area contributed by atoms with Crippen molar-refractivity contribution in [3.8, 4) is 5.75 Å². The van der Waals surface area contributed by atoms with Gasteiger partial charge >= 0.3 is 0 Å². The van der Waals surface area contributed by atoms with Gasteiger partial charge in [0.2, 0.25) is 0 Å². The second kappa shape index (κ2) is 4.05. The predicted octanol–water partition coefficient (Wildman–Crippen LogP) is 3.30. The Morgan fingerprint density at radius 1 is 1.23 bits per heavy atom. The molecule has 0 saturated carbocycles. The predicted molar refractivity (Wildman–Crippen MR) is 59.9 cm³/mol. The summed E-state index contributed by atoms with van der Waals surface area (Å²) in [5, 5.41) is 0.217. The lowest BCUT2D eigenvalue weighted by atomic mass is 10.0. The molecule has 1 aromatic carbocycles. The fraction of sp³-hybridized carbons (Fsp3) is 0.455. The number of benzene rings is 1. The molecule has 0 radical (unpaired) electrons. The van der Waals surface area contributed by atoms with Gasteiger partial charge in [-0.2, -0.15) is 12.6 Å². The molecule has 1 unspecified atom stereocenters. The van der Waals surface area contributed by atoms with Gasteiger partial charge < -0.3 is 4.74 Å². The van der Waals surface area contributed by atoms with E-state index in [0.717, 1.165) is 11.3 Å². The summed E-state index contributed by atoms with van der Waals surface area (Å²) in [6.07, 6.45) is 0. The Bertz CT molecular complexity index is 305. The molecule has 0 aliphatic carbocycles. The molecule has 1 nitrogen and oxygen atoms in total. The minimum absolute atomic E-state index is 0.217. The van der Waals surface area contributed by atoms with E-state index in [2.05, 4.69) is 45.5 Å². The molecule has 72 valence electrons. The zero-order valence-electron chi connectivity index (χ0n) is 8.59. The topological polar surface area (TPSA) is 9.23 Å². The highest BCUT2D eigenvalue weighted by atomic mass is 32.1. The molecule has 0 heterocycles. The van der Waals surface area contributed by atoms with Crippen molar-refractivity contribution in [2.75, 3.05) is 7.11 Å². The SMILES string of the molecule is COc1cc(C)c(C)cc1C(C)S. The van der Waals surface area contributed by atoms with E-state index in [1.165, 1.54) is 11.1 Å². The molecule has 0 aromatic heterocycles. The molecule has 0 fully saturated rings. The highest BCUT2D eigenvalue weighted by molar-refractivity contribution is 7.80. The van der Waals surface area contributed by atoms with Gasteiger partial charge in [0.15, 0.2) is 0 Å². The Morgan fingerprint density at radius 3 is 2.23 bits per heavy atom. The number of hydrogen-bond donors (Lipinski definition) is 1. The maximum atomic E-state index is 5.29. The monoisotopic (exact) mass is 196 g/mol. The molecule has 0 amide bonds. The third-order valence-corrected chi connectivity index (χ3v) is 2.57. The third-order valence-electron chi connectivity index (χ3n) is 2.30. The lowest BCUT2D eigenvalue weighted by Gasteiger charge is -2.13. The van der Waals surface area contributed by atoms with Crippen LogP contribution in [0.1, 0.15) is 28.9 Å². The third kappa shape index (κ3) is 2.19. The Hall–Kier alpha value is -0.630. The van der Waals surface area contributed by atoms with Crippen molar-refractivity contribution in [2.45, 2.75) is 26.0 Å². The van der Waals surface area contributed by atoms with Gasteiger partial charge in [0, 0.05) is 10.8 Å². The molecule has 13 heavy (non-hydrogen) atoms. The van der Waals surface area contributed by atoms with Crippen LogP contribution in [0.15, 0.2) is 12.1 Å². The first-order chi connectivity index (χ1) is 6.06. The summed E-state index contributed by atoms with van der Waals surface area (Å²) in [6.45, 7) is 6.25. The van der Waals surface area contributed by atoms with Crippen molar-refractivity contribution >= 4 is 12.6 Å². The normalized spacial score (nSPS) is 12.7. The van der Waals surface area contributed by atoms with Crippen molar-refractivity contribution in [3.05, 3.63) is 28.8 Å². The van der Waals surface area contributed by atoms with E-state index in [9.17, 15) is 0 Å². The maximum absolute atomic E-state index is 5.29. The summed E-state index contributed by atoms with van der Waals surface area (Å²) < 4.78 is 5.29. The van der Waals surface area contributed by atoms with Crippen molar-refractivity contribution in [1.29, 1.82) is 0 Å². The summed E-state index contributed by atoms with van der Waals surface area (Å²) in [6, 6.07) is 4.21. The van der Waals surface area contributed by atoms with Gasteiger partial charge in [-0.3, -0.25) is 0 Å². The standard InChI is InChI=1S/C11H16OS/c1-7-5-10(9(3)13)11(12-4)6-8(7)2/h5-6,9,13H,1-4H3. The Morgan fingerprint density at radius 2 is 1.77 bits per heavy atom. The van der Waals surface area contributed by atoms with Crippen LogP contribution in [0.5, 0.6) is 5.75 Å². The molecule has 0 aliphatic rings. The Kier molecular flexibility index (Phi) is 3.26. The number of rotatable bonds is 2. The van der Waals surface area contributed by atoms with Gasteiger partial charge in [0.1, 0.15) is 5.75 Å². The van der Waals surface area contributed by atoms with E-state index in [0.29, 0.717) is 0 Å². The lowest BCUT2D eigenvalue weighted by molar-refractivity contribution is 0.409. The summed E-state index contributed by atoms with van der Waals surface area (Å²) in [7, 11) is 1.70. The Balaban J connectivity index is 3.25. The zero-order chi connectivity index (χ0) is 10.0. The van der Waals surface area contributed by atoms with Crippen LogP contribution in [0.25, 0.3) is 0 Å². The van der Waals surface area contributed by atoms with E-state index in [1.54, 1.807) is 7.11 Å². The van der Waals surface area contributed by atoms with Crippen LogP contribution in [-0.2, 0) is 0 Å². The molecule has 1 aromatic rings. The van der Waals surface area contributed by atoms with Crippen LogP contribution in [0.3, 0.4) is 0 Å². The number of thiol groups is 1. The van der Waals surface area contributed by atoms with Crippen LogP contribution in [-0.4, -0.2) is 7.11 Å². The highest BCUT2D eigenvalue weighted by Gasteiger charge is 2.09. The van der Waals surface area contributed by atoms with Crippen LogP contribution in [0.4, 0.5) is 0 Å². The molecule has 0 saturated heterocycles. The van der Waals surface area contributed by atoms with Gasteiger partial charge in [-0.25, -0.2) is 0 Å². The van der Waals surface area contributed by atoms with E-state index in [1.807, 2.05) is 0 Å². The molecule has 1 atom stereocenters. The summed E-state index contributed by atoms with van der Waals surface area (Å²) in [5.74, 6) is 0.936. The van der Waals surface area contributed by atoms with Crippen molar-refractivity contribution in [2.24, 2.45) is 0 Å². The highest BCUT2D eigenvalue weighted by Crippen LogP contribution is 2.31. The molecular formula is C11H16OS. The van der Waals surface area contributed by atoms with Crippen LogP contribution in [0.2, 0.25) is 0 Å².